The van der Waals surface area contributed by atoms with Crippen molar-refractivity contribution in [2.24, 2.45) is 0 Å². The smallest absolute Gasteiger partial charge is 0.162 e. The zero-order valence-electron chi connectivity index (χ0n) is 12.4. The quantitative estimate of drug-likeness (QED) is 0.816. The third-order valence-corrected chi connectivity index (χ3v) is 4.97. The first-order valence-electron chi connectivity index (χ1n) is 6.98. The minimum atomic E-state index is 0.488. The van der Waals surface area contributed by atoms with Crippen LogP contribution in [0.5, 0.6) is 11.5 Å². The van der Waals surface area contributed by atoms with Crippen LogP contribution in [0.2, 0.25) is 0 Å². The Morgan fingerprint density at radius 1 is 1.20 bits per heavy atom. The fourth-order valence-electron chi connectivity index (χ4n) is 2.73. The van der Waals surface area contributed by atoms with Crippen LogP contribution in [0.4, 0.5) is 11.4 Å². The standard InChI is InChI=1S/C15H24N2O2S/c1-18-14-8-12(16)13(9-15(14)19-2)17-10-5-4-6-11(7-10)20-3/h8-11,17H,4-7,16H2,1-3H3. The Labute approximate surface area is 125 Å². The van der Waals surface area contributed by atoms with Crippen LogP contribution in [-0.4, -0.2) is 31.8 Å². The lowest BCUT2D eigenvalue weighted by Crippen LogP contribution is -2.28. The van der Waals surface area contributed by atoms with Crippen molar-refractivity contribution in [1.29, 1.82) is 0 Å². The molecule has 0 heterocycles. The number of hydrogen-bond donors (Lipinski definition) is 2. The molecule has 2 atom stereocenters. The Hall–Kier alpha value is -1.23. The SMILES string of the molecule is COc1cc(N)c(NC2CCCC(SC)C2)cc1OC. The van der Waals surface area contributed by atoms with Gasteiger partial charge in [-0.3, -0.25) is 0 Å². The predicted molar refractivity (Wildman–Crippen MR) is 87.1 cm³/mol. The lowest BCUT2D eigenvalue weighted by Gasteiger charge is -2.30. The minimum Gasteiger partial charge on any atom is -0.493 e. The first kappa shape index (κ1) is 15.2. The van der Waals surface area contributed by atoms with Crippen LogP contribution in [-0.2, 0) is 0 Å². The van der Waals surface area contributed by atoms with Gasteiger partial charge in [-0.15, -0.1) is 0 Å². The molecule has 2 rings (SSSR count). The topological polar surface area (TPSA) is 56.5 Å². The number of anilines is 2. The van der Waals surface area contributed by atoms with E-state index in [9.17, 15) is 0 Å². The van der Waals surface area contributed by atoms with E-state index in [1.54, 1.807) is 14.2 Å². The van der Waals surface area contributed by atoms with E-state index in [0.29, 0.717) is 23.2 Å². The van der Waals surface area contributed by atoms with E-state index < -0.39 is 0 Å². The first-order chi connectivity index (χ1) is 9.67. The summed E-state index contributed by atoms with van der Waals surface area (Å²) in [6.07, 6.45) is 7.18. The number of hydrogen-bond acceptors (Lipinski definition) is 5. The molecule has 0 bridgehead atoms. The number of benzene rings is 1. The Morgan fingerprint density at radius 2 is 1.90 bits per heavy atom. The van der Waals surface area contributed by atoms with Crippen LogP contribution < -0.4 is 20.5 Å². The highest BCUT2D eigenvalue weighted by Gasteiger charge is 2.22. The molecule has 2 unspecified atom stereocenters. The van der Waals surface area contributed by atoms with Gasteiger partial charge in [0.05, 0.1) is 25.6 Å². The third kappa shape index (κ3) is 3.45. The summed E-state index contributed by atoms with van der Waals surface area (Å²) in [6.45, 7) is 0. The first-order valence-corrected chi connectivity index (χ1v) is 8.27. The van der Waals surface area contributed by atoms with Crippen LogP contribution in [0, 0.1) is 0 Å². The normalized spacial score (nSPS) is 22.4. The Kier molecular flexibility index (Phi) is 5.29. The molecule has 0 spiro atoms. The summed E-state index contributed by atoms with van der Waals surface area (Å²) < 4.78 is 10.6. The number of thioether (sulfide) groups is 1. The molecule has 0 aliphatic heterocycles. The van der Waals surface area contributed by atoms with Crippen molar-refractivity contribution in [3.63, 3.8) is 0 Å². The number of ether oxygens (including phenoxy) is 2. The van der Waals surface area contributed by atoms with Crippen molar-refractivity contribution in [2.75, 3.05) is 31.5 Å². The van der Waals surface area contributed by atoms with Crippen LogP contribution in [0.1, 0.15) is 25.7 Å². The maximum atomic E-state index is 6.10. The van der Waals surface area contributed by atoms with E-state index >= 15 is 0 Å². The van der Waals surface area contributed by atoms with Crippen LogP contribution in [0.3, 0.4) is 0 Å². The molecule has 0 amide bonds. The van der Waals surface area contributed by atoms with E-state index in [2.05, 4.69) is 11.6 Å². The molecule has 4 nitrogen and oxygen atoms in total. The second-order valence-electron chi connectivity index (χ2n) is 5.16. The fourth-order valence-corrected chi connectivity index (χ4v) is 3.56. The van der Waals surface area contributed by atoms with Gasteiger partial charge in [-0.2, -0.15) is 11.8 Å². The summed E-state index contributed by atoms with van der Waals surface area (Å²) >= 11 is 1.96. The Morgan fingerprint density at radius 3 is 2.55 bits per heavy atom. The van der Waals surface area contributed by atoms with E-state index in [1.165, 1.54) is 25.7 Å². The minimum absolute atomic E-state index is 0.488. The molecule has 1 saturated carbocycles. The van der Waals surface area contributed by atoms with Gasteiger partial charge < -0.3 is 20.5 Å². The van der Waals surface area contributed by atoms with Gasteiger partial charge in [0.1, 0.15) is 0 Å². The second-order valence-corrected chi connectivity index (χ2v) is 6.30. The van der Waals surface area contributed by atoms with E-state index in [1.807, 2.05) is 23.9 Å². The second kappa shape index (κ2) is 6.97. The molecule has 0 saturated heterocycles. The maximum Gasteiger partial charge on any atom is 0.162 e. The Bertz CT molecular complexity index is 454. The largest absolute Gasteiger partial charge is 0.493 e. The lowest BCUT2D eigenvalue weighted by molar-refractivity contribution is 0.355. The highest BCUT2D eigenvalue weighted by atomic mass is 32.2. The zero-order valence-corrected chi connectivity index (χ0v) is 13.3. The molecule has 1 aliphatic carbocycles. The molecule has 0 radical (unpaired) electrons. The molecule has 5 heteroatoms. The molecule has 1 aliphatic rings. The molecule has 1 aromatic rings. The van der Waals surface area contributed by atoms with E-state index in [-0.39, 0.29) is 0 Å². The van der Waals surface area contributed by atoms with Crippen LogP contribution in [0.15, 0.2) is 12.1 Å². The van der Waals surface area contributed by atoms with Crippen molar-refractivity contribution in [1.82, 2.24) is 0 Å². The van der Waals surface area contributed by atoms with Gasteiger partial charge in [0.15, 0.2) is 11.5 Å². The van der Waals surface area contributed by atoms with Gasteiger partial charge in [0.25, 0.3) is 0 Å². The fraction of sp³-hybridized carbons (Fsp3) is 0.600. The van der Waals surface area contributed by atoms with Gasteiger partial charge in [-0.25, -0.2) is 0 Å². The molecule has 3 N–H and O–H groups in total. The number of methoxy groups -OCH3 is 2. The molecule has 20 heavy (non-hydrogen) atoms. The van der Waals surface area contributed by atoms with Gasteiger partial charge >= 0.3 is 0 Å². The summed E-state index contributed by atoms with van der Waals surface area (Å²) in [4.78, 5) is 0. The zero-order chi connectivity index (χ0) is 14.5. The van der Waals surface area contributed by atoms with Crippen LogP contribution in [0.25, 0.3) is 0 Å². The monoisotopic (exact) mass is 296 g/mol. The summed E-state index contributed by atoms with van der Waals surface area (Å²) in [5.74, 6) is 1.38. The summed E-state index contributed by atoms with van der Waals surface area (Å²) in [5, 5.41) is 4.32. The predicted octanol–water partition coefficient (Wildman–Crippen LogP) is 3.37. The van der Waals surface area contributed by atoms with Crippen LogP contribution >= 0.6 is 11.8 Å². The number of rotatable bonds is 5. The van der Waals surface area contributed by atoms with E-state index in [4.69, 9.17) is 15.2 Å². The molecule has 112 valence electrons. The van der Waals surface area contributed by atoms with Gasteiger partial charge in [-0.1, -0.05) is 6.42 Å². The van der Waals surface area contributed by atoms with Crippen molar-refractivity contribution in [3.05, 3.63) is 12.1 Å². The molecule has 1 fully saturated rings. The third-order valence-electron chi connectivity index (χ3n) is 3.87. The van der Waals surface area contributed by atoms with Crippen molar-refractivity contribution in [2.45, 2.75) is 37.0 Å². The summed E-state index contributed by atoms with van der Waals surface area (Å²) in [5.41, 5.74) is 7.74. The highest BCUT2D eigenvalue weighted by molar-refractivity contribution is 7.99. The van der Waals surface area contributed by atoms with Crippen molar-refractivity contribution >= 4 is 23.1 Å². The van der Waals surface area contributed by atoms with Gasteiger partial charge in [-0.05, 0) is 25.5 Å². The lowest BCUT2D eigenvalue weighted by atomic mass is 9.94. The highest BCUT2D eigenvalue weighted by Crippen LogP contribution is 2.36. The average molecular weight is 296 g/mol. The Balaban J connectivity index is 2.12. The molecular formula is C15H24N2O2S. The molecular weight excluding hydrogens is 272 g/mol. The number of nitrogens with two attached hydrogens (primary N) is 1. The summed E-state index contributed by atoms with van der Waals surface area (Å²) in [7, 11) is 3.26. The average Bonchev–Trinajstić information content (AvgIpc) is 2.49. The number of nitrogens with one attached hydrogen (secondary N) is 1. The summed E-state index contributed by atoms with van der Waals surface area (Å²) in [6, 6.07) is 4.23. The molecule has 0 aromatic heterocycles. The van der Waals surface area contributed by atoms with E-state index in [0.717, 1.165) is 10.9 Å². The number of nitrogen functional groups attached to an aromatic ring is 1. The van der Waals surface area contributed by atoms with Gasteiger partial charge in [0, 0.05) is 23.4 Å². The van der Waals surface area contributed by atoms with Gasteiger partial charge in [0.2, 0.25) is 0 Å². The maximum absolute atomic E-state index is 6.10. The van der Waals surface area contributed by atoms with Crippen molar-refractivity contribution in [3.8, 4) is 11.5 Å². The van der Waals surface area contributed by atoms with Crippen molar-refractivity contribution < 1.29 is 9.47 Å². The molecule has 1 aromatic carbocycles.